The van der Waals surface area contributed by atoms with Crippen LogP contribution in [0.3, 0.4) is 0 Å². The van der Waals surface area contributed by atoms with Gasteiger partial charge < -0.3 is 0 Å². The van der Waals surface area contributed by atoms with Gasteiger partial charge in [0, 0.05) is 6.08 Å². The van der Waals surface area contributed by atoms with Crippen LogP contribution in [-0.2, 0) is 0 Å². The van der Waals surface area contributed by atoms with Gasteiger partial charge in [0.25, 0.3) is 0 Å². The van der Waals surface area contributed by atoms with Crippen molar-refractivity contribution in [1.82, 2.24) is 0 Å². The van der Waals surface area contributed by atoms with Crippen molar-refractivity contribution in [1.29, 1.82) is 0 Å². The number of rotatable bonds is 0. The Kier molecular flexibility index (Phi) is 1.25. The van der Waals surface area contributed by atoms with Crippen LogP contribution in [0.1, 0.15) is 19.3 Å². The second kappa shape index (κ2) is 1.92. The Balaban J connectivity index is 2.51. The normalized spacial score (nSPS) is 20.3. The molecule has 0 amide bonds. The average molecular weight is 97.1 g/mol. The van der Waals surface area contributed by atoms with Crippen molar-refractivity contribution in [2.75, 3.05) is 0 Å². The molecule has 0 saturated carbocycles. The number of allylic oxidation sites excluding steroid dienone is 2. The van der Waals surface area contributed by atoms with Gasteiger partial charge in [-0.3, -0.25) is 4.79 Å². The van der Waals surface area contributed by atoms with Crippen LogP contribution in [0.4, 0.5) is 0 Å². The summed E-state index contributed by atoms with van der Waals surface area (Å²) in [5.74, 6) is 0.534. The lowest BCUT2D eigenvalue weighted by Crippen LogP contribution is -1.96. The molecule has 0 saturated heterocycles. The van der Waals surface area contributed by atoms with E-state index in [1.807, 2.05) is 6.08 Å². The van der Waals surface area contributed by atoms with Crippen LogP contribution < -0.4 is 0 Å². The van der Waals surface area contributed by atoms with Crippen molar-refractivity contribution >= 4 is 5.78 Å². The molecule has 0 aromatic heterocycles. The summed E-state index contributed by atoms with van der Waals surface area (Å²) in [6.07, 6.45) is 6.89. The fourth-order valence-electron chi connectivity index (χ4n) is 0.704. The molecule has 0 heterocycles. The van der Waals surface area contributed by atoms with E-state index in [4.69, 9.17) is 4.79 Å². The van der Waals surface area contributed by atoms with E-state index in [2.05, 4.69) is 0 Å². The quantitative estimate of drug-likeness (QED) is 0.406. The van der Waals surface area contributed by atoms with Crippen molar-refractivity contribution in [3.63, 3.8) is 0 Å². The van der Waals surface area contributed by atoms with Crippen LogP contribution in [0.25, 0.3) is 0 Å². The van der Waals surface area contributed by atoms with E-state index in [1.165, 1.54) is 0 Å². The van der Waals surface area contributed by atoms with Gasteiger partial charge in [0.2, 0.25) is 0 Å². The molecule has 7 heavy (non-hydrogen) atoms. The smallest absolute Gasteiger partial charge is 0.279 e. The number of carbonyl (C=O) groups excluding carboxylic acids is 1. The predicted octanol–water partition coefficient (Wildman–Crippen LogP) is 1.27. The van der Waals surface area contributed by atoms with Gasteiger partial charge in [-0.15, -0.1) is 0 Å². The Morgan fingerprint density at radius 1 is 1.57 bits per heavy atom. The SMILES string of the molecule is [OH+]=C1C=CCCC1. The van der Waals surface area contributed by atoms with Gasteiger partial charge in [-0.25, -0.2) is 0 Å². The molecule has 0 atom stereocenters. The van der Waals surface area contributed by atoms with Crippen molar-refractivity contribution < 1.29 is 4.79 Å². The third-order valence-corrected chi connectivity index (χ3v) is 1.11. The summed E-state index contributed by atoms with van der Waals surface area (Å²) in [6, 6.07) is 0. The lowest BCUT2D eigenvalue weighted by Gasteiger charge is -1.92. The lowest BCUT2D eigenvalue weighted by atomic mass is 10.1. The summed E-state index contributed by atoms with van der Waals surface area (Å²) in [4.78, 5) is 8.74. The zero-order chi connectivity index (χ0) is 5.11. The monoisotopic (exact) mass is 97.1 g/mol. The minimum Gasteiger partial charge on any atom is -0.279 e. The van der Waals surface area contributed by atoms with Crippen molar-refractivity contribution in [2.24, 2.45) is 0 Å². The summed E-state index contributed by atoms with van der Waals surface area (Å²) < 4.78 is 0. The molecule has 1 aliphatic rings. The van der Waals surface area contributed by atoms with Crippen molar-refractivity contribution in [3.8, 4) is 0 Å². The standard InChI is InChI=1S/C6H8O/c7-6-4-2-1-3-5-6/h2,4H,1,3,5H2/p+1. The van der Waals surface area contributed by atoms with Gasteiger partial charge in [0.15, 0.2) is 0 Å². The molecule has 0 radical (unpaired) electrons. The number of ketones is 1. The molecule has 0 bridgehead atoms. The molecule has 0 fully saturated rings. The van der Waals surface area contributed by atoms with Crippen LogP contribution in [0.2, 0.25) is 0 Å². The second-order valence-corrected chi connectivity index (χ2v) is 1.79. The van der Waals surface area contributed by atoms with E-state index in [9.17, 15) is 0 Å². The first-order chi connectivity index (χ1) is 3.39. The van der Waals surface area contributed by atoms with E-state index in [1.54, 1.807) is 6.08 Å². The first kappa shape index (κ1) is 4.57. The molecular weight excluding hydrogens is 88.1 g/mol. The topological polar surface area (TPSA) is 21.4 Å². The maximum absolute atomic E-state index is 8.74. The summed E-state index contributed by atoms with van der Waals surface area (Å²) in [7, 11) is 0. The maximum atomic E-state index is 8.74. The van der Waals surface area contributed by atoms with Crippen molar-refractivity contribution in [3.05, 3.63) is 12.2 Å². The highest BCUT2D eigenvalue weighted by atomic mass is 16.1. The largest absolute Gasteiger partial charge is 0.316 e. The van der Waals surface area contributed by atoms with E-state index in [0.29, 0.717) is 5.78 Å². The molecule has 1 heteroatoms. The van der Waals surface area contributed by atoms with Gasteiger partial charge in [0.05, 0.1) is 6.42 Å². The summed E-state index contributed by atoms with van der Waals surface area (Å²) in [5.41, 5.74) is 0. The lowest BCUT2D eigenvalue weighted by molar-refractivity contribution is 0.650. The minimum absolute atomic E-state index is 0.534. The summed E-state index contributed by atoms with van der Waals surface area (Å²) in [6.45, 7) is 0. The minimum atomic E-state index is 0.534. The molecule has 0 spiro atoms. The molecule has 38 valence electrons. The zero-order valence-electron chi connectivity index (χ0n) is 4.22. The van der Waals surface area contributed by atoms with Crippen molar-refractivity contribution in [2.45, 2.75) is 19.3 Å². The second-order valence-electron chi connectivity index (χ2n) is 1.79. The van der Waals surface area contributed by atoms with Crippen LogP contribution in [0, 0.1) is 0 Å². The molecule has 1 nitrogen and oxygen atoms in total. The highest BCUT2D eigenvalue weighted by Gasteiger charge is 2.05. The van der Waals surface area contributed by atoms with E-state index in [0.717, 1.165) is 19.3 Å². The van der Waals surface area contributed by atoms with E-state index in [-0.39, 0.29) is 0 Å². The van der Waals surface area contributed by atoms with Crippen LogP contribution in [0.15, 0.2) is 12.2 Å². The molecule has 0 unspecified atom stereocenters. The molecule has 1 aliphatic carbocycles. The summed E-state index contributed by atoms with van der Waals surface area (Å²) >= 11 is 0. The third-order valence-electron chi connectivity index (χ3n) is 1.11. The fraction of sp³-hybridized carbons (Fsp3) is 0.500. The molecule has 1 N–H and O–H groups in total. The first-order valence-corrected chi connectivity index (χ1v) is 2.61. The van der Waals surface area contributed by atoms with E-state index < -0.39 is 0 Å². The molecule has 0 aliphatic heterocycles. The number of hydrogen-bond acceptors (Lipinski definition) is 0. The number of hydrogen-bond donors (Lipinski definition) is 0. The Morgan fingerprint density at radius 3 is 2.71 bits per heavy atom. The molecular formula is C6H9O+. The van der Waals surface area contributed by atoms with Gasteiger partial charge in [-0.1, -0.05) is 6.08 Å². The highest BCUT2D eigenvalue weighted by Crippen LogP contribution is 2.03. The van der Waals surface area contributed by atoms with Gasteiger partial charge in [0.1, 0.15) is 0 Å². The predicted molar refractivity (Wildman–Crippen MR) is 29.9 cm³/mol. The summed E-state index contributed by atoms with van der Waals surface area (Å²) in [5, 5.41) is 0. The van der Waals surface area contributed by atoms with E-state index >= 15 is 0 Å². The molecule has 1 rings (SSSR count). The van der Waals surface area contributed by atoms with Gasteiger partial charge in [-0.2, -0.15) is 0 Å². The van der Waals surface area contributed by atoms with Crippen LogP contribution in [0.5, 0.6) is 0 Å². The molecule has 0 aromatic carbocycles. The Labute approximate surface area is 43.0 Å². The Morgan fingerprint density at radius 2 is 2.43 bits per heavy atom. The zero-order valence-corrected chi connectivity index (χ0v) is 4.22. The Bertz CT molecular complexity index is 103. The third kappa shape index (κ3) is 1.15. The van der Waals surface area contributed by atoms with Crippen LogP contribution >= 0.6 is 0 Å². The van der Waals surface area contributed by atoms with Gasteiger partial charge >= 0.3 is 5.78 Å². The maximum Gasteiger partial charge on any atom is 0.316 e. The van der Waals surface area contributed by atoms with Gasteiger partial charge in [-0.05, 0) is 12.8 Å². The first-order valence-electron chi connectivity index (χ1n) is 2.61. The van der Waals surface area contributed by atoms with Crippen LogP contribution in [-0.4, -0.2) is 10.6 Å². The highest BCUT2D eigenvalue weighted by molar-refractivity contribution is 5.91. The molecule has 0 aromatic rings. The Hall–Kier alpha value is -0.590. The fourth-order valence-corrected chi connectivity index (χ4v) is 0.704. The average Bonchev–Trinajstić information content (AvgIpc) is 1.69.